The average molecular weight is 655 g/mol. The van der Waals surface area contributed by atoms with Crippen LogP contribution in [0.1, 0.15) is 49.7 Å². The summed E-state index contributed by atoms with van der Waals surface area (Å²) in [6, 6.07) is 3.48. The first-order valence-electron chi connectivity index (χ1n) is 14.8. The van der Waals surface area contributed by atoms with Gasteiger partial charge in [0.25, 0.3) is 10.0 Å². The van der Waals surface area contributed by atoms with E-state index in [9.17, 15) is 21.6 Å². The Hall–Kier alpha value is -4.49. The van der Waals surface area contributed by atoms with Crippen molar-refractivity contribution in [1.82, 2.24) is 38.8 Å². The molecule has 6 rings (SSSR count). The first kappa shape index (κ1) is 31.5. The zero-order chi connectivity index (χ0) is 32.6. The number of nitrogens with zero attached hydrogens (tertiary/aromatic N) is 9. The number of hydrogen-bond donors (Lipinski definition) is 1. The molecule has 4 aromatic heterocycles. The normalized spacial score (nSPS) is 18.7. The minimum atomic E-state index is -4.63. The largest absolute Gasteiger partial charge is 0.504 e. The maximum Gasteiger partial charge on any atom is 0.504 e. The Bertz CT molecular complexity index is 1880. The predicted molar refractivity (Wildman–Crippen MR) is 165 cm³/mol. The molecule has 0 saturated heterocycles. The number of nitrogen functional groups attached to an aromatic ring is 1. The highest BCUT2D eigenvalue weighted by molar-refractivity contribution is 7.90. The Labute approximate surface area is 264 Å². The van der Waals surface area contributed by atoms with E-state index in [-0.39, 0.29) is 16.3 Å². The van der Waals surface area contributed by atoms with Gasteiger partial charge < -0.3 is 15.5 Å². The maximum atomic E-state index is 12.9. The smallest absolute Gasteiger partial charge is 0.398 e. The highest BCUT2D eigenvalue weighted by atomic mass is 32.2. The standard InChI is InChI=1S/C30H33F3N10O2S/c1-40(2)17-20-4-7-24(8-5-20)43(27-11-12-35-29(39-27)23-16-38-42(19-23)46(44,45)25-9-10-25)28-13-26(34)22(15-36-28)6-3-21-14-37-41(18-21)30(31,32)33/h11-16,18-20,24-25H,4-5,7-10,17H2,1-2H3,(H2,34,36). The van der Waals surface area contributed by atoms with Gasteiger partial charge in [0.05, 0.1) is 46.2 Å². The van der Waals surface area contributed by atoms with Gasteiger partial charge in [-0.05, 0) is 64.6 Å². The molecule has 0 radical (unpaired) electrons. The second kappa shape index (κ2) is 12.4. The van der Waals surface area contributed by atoms with Gasteiger partial charge in [-0.15, -0.1) is 13.2 Å². The zero-order valence-corrected chi connectivity index (χ0v) is 26.1. The van der Waals surface area contributed by atoms with Crippen molar-refractivity contribution < 1.29 is 21.6 Å². The first-order valence-corrected chi connectivity index (χ1v) is 16.3. The van der Waals surface area contributed by atoms with Gasteiger partial charge in [-0.25, -0.2) is 23.4 Å². The molecule has 0 amide bonds. The molecule has 2 N–H and O–H groups in total. The first-order chi connectivity index (χ1) is 21.9. The van der Waals surface area contributed by atoms with Crippen molar-refractivity contribution in [2.45, 2.75) is 56.1 Å². The third-order valence-electron chi connectivity index (χ3n) is 8.07. The van der Waals surface area contributed by atoms with Gasteiger partial charge in [0.15, 0.2) is 5.82 Å². The minimum absolute atomic E-state index is 0.0381. The number of halogens is 3. The number of alkyl halides is 3. The third kappa shape index (κ3) is 6.85. The van der Waals surface area contributed by atoms with Gasteiger partial charge in [-0.1, -0.05) is 11.8 Å². The molecule has 0 atom stereocenters. The van der Waals surface area contributed by atoms with Gasteiger partial charge in [0, 0.05) is 37.2 Å². The molecule has 242 valence electrons. The van der Waals surface area contributed by atoms with Crippen molar-refractivity contribution >= 4 is 27.3 Å². The number of pyridine rings is 1. The van der Waals surface area contributed by atoms with Crippen LogP contribution in [0.4, 0.5) is 30.5 Å². The average Bonchev–Trinajstić information content (AvgIpc) is 3.55. The molecule has 2 aliphatic rings. The number of anilines is 3. The zero-order valence-electron chi connectivity index (χ0n) is 25.3. The maximum absolute atomic E-state index is 12.9. The van der Waals surface area contributed by atoms with Crippen molar-refractivity contribution in [1.29, 1.82) is 0 Å². The van der Waals surface area contributed by atoms with Crippen LogP contribution >= 0.6 is 0 Å². The Morgan fingerprint density at radius 2 is 1.74 bits per heavy atom. The second-order valence-corrected chi connectivity index (χ2v) is 14.0. The number of rotatable bonds is 8. The lowest BCUT2D eigenvalue weighted by atomic mass is 9.85. The fraction of sp³-hybridized carbons (Fsp3) is 0.433. The summed E-state index contributed by atoms with van der Waals surface area (Å²) < 4.78 is 65.0. The molecular formula is C30H33F3N10O2S. The SMILES string of the molecule is CN(C)CC1CCC(N(c2cc(N)c(C#Cc3cnn(C(F)(F)F)c3)cn2)c2ccnc(-c3cnn(S(=O)(=O)C4CC4)c3)n2)CC1. The number of nitrogens with two attached hydrogens (primary N) is 1. The second-order valence-electron chi connectivity index (χ2n) is 11.9. The summed E-state index contributed by atoms with van der Waals surface area (Å²) in [5, 5.41) is 6.98. The van der Waals surface area contributed by atoms with Crippen LogP contribution in [0.3, 0.4) is 0 Å². The van der Waals surface area contributed by atoms with Gasteiger partial charge in [-0.3, -0.25) is 0 Å². The molecule has 0 unspecified atom stereocenters. The summed E-state index contributed by atoms with van der Waals surface area (Å²) >= 11 is 0. The summed E-state index contributed by atoms with van der Waals surface area (Å²) in [5.41, 5.74) is 7.60. The highest BCUT2D eigenvalue weighted by Crippen LogP contribution is 2.36. The Kier molecular flexibility index (Phi) is 8.47. The molecule has 0 bridgehead atoms. The summed E-state index contributed by atoms with van der Waals surface area (Å²) in [4.78, 5) is 18.1. The molecule has 2 saturated carbocycles. The van der Waals surface area contributed by atoms with Crippen LogP contribution in [0.15, 0.2) is 49.3 Å². The van der Waals surface area contributed by atoms with Gasteiger partial charge >= 0.3 is 6.30 Å². The van der Waals surface area contributed by atoms with E-state index in [4.69, 9.17) is 10.7 Å². The number of hydrogen-bond acceptors (Lipinski definition) is 10. The molecule has 12 nitrogen and oxygen atoms in total. The lowest BCUT2D eigenvalue weighted by Gasteiger charge is -2.37. The Morgan fingerprint density at radius 3 is 2.39 bits per heavy atom. The lowest BCUT2D eigenvalue weighted by Crippen LogP contribution is -2.37. The topological polar surface area (TPSA) is 141 Å². The quantitative estimate of drug-likeness (QED) is 0.277. The molecule has 2 aliphatic carbocycles. The van der Waals surface area contributed by atoms with Crippen LogP contribution in [0, 0.1) is 17.8 Å². The monoisotopic (exact) mass is 654 g/mol. The van der Waals surface area contributed by atoms with Crippen LogP contribution in [0.2, 0.25) is 0 Å². The van der Waals surface area contributed by atoms with Crippen LogP contribution in [-0.4, -0.2) is 79.2 Å². The fourth-order valence-corrected chi connectivity index (χ4v) is 7.13. The van der Waals surface area contributed by atoms with Crippen molar-refractivity contribution in [3.05, 3.63) is 60.4 Å². The van der Waals surface area contributed by atoms with E-state index >= 15 is 0 Å². The fourth-order valence-electron chi connectivity index (χ4n) is 5.65. The van der Waals surface area contributed by atoms with Gasteiger partial charge in [0.2, 0.25) is 0 Å². The van der Waals surface area contributed by atoms with E-state index in [0.717, 1.165) is 48.7 Å². The molecule has 0 spiro atoms. The van der Waals surface area contributed by atoms with Crippen molar-refractivity contribution in [3.8, 4) is 23.2 Å². The van der Waals surface area contributed by atoms with E-state index in [0.29, 0.717) is 53.0 Å². The van der Waals surface area contributed by atoms with Crippen LogP contribution < -0.4 is 10.6 Å². The molecule has 16 heteroatoms. The Morgan fingerprint density at radius 1 is 0.978 bits per heavy atom. The van der Waals surface area contributed by atoms with E-state index in [1.807, 2.05) is 4.90 Å². The van der Waals surface area contributed by atoms with Crippen molar-refractivity contribution in [2.24, 2.45) is 5.92 Å². The summed E-state index contributed by atoms with van der Waals surface area (Å²) in [5.74, 6) is 7.42. The van der Waals surface area contributed by atoms with Gasteiger partial charge in [-0.2, -0.15) is 19.0 Å². The summed E-state index contributed by atoms with van der Waals surface area (Å²) in [6.07, 6.45) is 8.20. The molecule has 4 heterocycles. The van der Waals surface area contributed by atoms with Gasteiger partial charge in [0.1, 0.15) is 11.6 Å². The van der Waals surface area contributed by atoms with E-state index < -0.39 is 21.6 Å². The highest BCUT2D eigenvalue weighted by Gasteiger charge is 2.38. The summed E-state index contributed by atoms with van der Waals surface area (Å²) in [6.45, 7) is 0.999. The van der Waals surface area contributed by atoms with E-state index in [1.165, 1.54) is 18.6 Å². The minimum Gasteiger partial charge on any atom is -0.398 e. The summed E-state index contributed by atoms with van der Waals surface area (Å²) in [7, 11) is 0.592. The molecule has 46 heavy (non-hydrogen) atoms. The van der Waals surface area contributed by atoms with Crippen molar-refractivity contribution in [2.75, 3.05) is 31.3 Å². The van der Waals surface area contributed by atoms with Crippen LogP contribution in [0.5, 0.6) is 0 Å². The third-order valence-corrected chi connectivity index (χ3v) is 10.1. The number of aromatic nitrogens is 7. The Balaban J connectivity index is 1.31. The van der Waals surface area contributed by atoms with E-state index in [2.05, 4.69) is 51.0 Å². The lowest BCUT2D eigenvalue weighted by molar-refractivity contribution is -0.212. The van der Waals surface area contributed by atoms with Crippen LogP contribution in [0.25, 0.3) is 11.4 Å². The molecule has 0 aromatic carbocycles. The molecule has 4 aromatic rings. The molecule has 0 aliphatic heterocycles. The molecular weight excluding hydrogens is 621 g/mol. The molecule has 2 fully saturated rings. The van der Waals surface area contributed by atoms with E-state index in [1.54, 1.807) is 18.3 Å². The van der Waals surface area contributed by atoms with Crippen LogP contribution in [-0.2, 0) is 16.3 Å². The predicted octanol–water partition coefficient (Wildman–Crippen LogP) is 3.99. The van der Waals surface area contributed by atoms with Crippen molar-refractivity contribution in [3.63, 3.8) is 0 Å².